The molecule has 0 saturated heterocycles. The van der Waals surface area contributed by atoms with Crippen LogP contribution in [0, 0.1) is 5.92 Å². The Labute approximate surface area is 90.0 Å². The second-order valence-corrected chi connectivity index (χ2v) is 4.32. The van der Waals surface area contributed by atoms with Crippen LogP contribution in [0.3, 0.4) is 0 Å². The van der Waals surface area contributed by atoms with E-state index >= 15 is 0 Å². The fraction of sp³-hybridized carbons (Fsp3) is 0.385. The molecule has 1 heterocycles. The molecule has 15 heavy (non-hydrogen) atoms. The molecule has 2 heteroatoms. The zero-order chi connectivity index (χ0) is 10.7. The molecule has 0 fully saturated rings. The third-order valence-electron chi connectivity index (χ3n) is 2.68. The van der Waals surface area contributed by atoms with Gasteiger partial charge in [0.15, 0.2) is 5.78 Å². The fourth-order valence-electron chi connectivity index (χ4n) is 2.10. The van der Waals surface area contributed by atoms with Crippen LogP contribution in [0.5, 0.6) is 0 Å². The number of allylic oxidation sites excluding steroid dienone is 2. The summed E-state index contributed by atoms with van der Waals surface area (Å²) in [4.78, 5) is 15.5. The molecule has 0 bridgehead atoms. The highest BCUT2D eigenvalue weighted by atomic mass is 16.1. The third kappa shape index (κ3) is 2.75. The minimum atomic E-state index is 0.271. The van der Waals surface area contributed by atoms with E-state index in [4.69, 9.17) is 0 Å². The summed E-state index contributed by atoms with van der Waals surface area (Å²) in [7, 11) is 0. The number of ketones is 1. The molecule has 0 radical (unpaired) electrons. The van der Waals surface area contributed by atoms with E-state index in [-0.39, 0.29) is 5.78 Å². The molecule has 0 N–H and O–H groups in total. The van der Waals surface area contributed by atoms with Crippen LogP contribution in [-0.2, 0) is 11.2 Å². The highest BCUT2D eigenvalue weighted by molar-refractivity contribution is 5.91. The maximum Gasteiger partial charge on any atom is 0.155 e. The van der Waals surface area contributed by atoms with Gasteiger partial charge in [-0.05, 0) is 36.5 Å². The van der Waals surface area contributed by atoms with Crippen molar-refractivity contribution < 1.29 is 4.79 Å². The van der Waals surface area contributed by atoms with Gasteiger partial charge in [-0.15, -0.1) is 0 Å². The van der Waals surface area contributed by atoms with Crippen LogP contribution in [0.2, 0.25) is 0 Å². The average Bonchev–Trinajstić information content (AvgIpc) is 2.17. The Kier molecular flexibility index (Phi) is 2.95. The van der Waals surface area contributed by atoms with E-state index in [0.29, 0.717) is 12.3 Å². The van der Waals surface area contributed by atoms with Crippen molar-refractivity contribution in [3.8, 4) is 0 Å². The molecular weight excluding hydrogens is 186 g/mol. The SMILES string of the molecule is CC1CC(=O)C=C(Cc2cccnc2)C1. The summed E-state index contributed by atoms with van der Waals surface area (Å²) in [6, 6.07) is 3.99. The van der Waals surface area contributed by atoms with E-state index in [9.17, 15) is 4.79 Å². The lowest BCUT2D eigenvalue weighted by Gasteiger charge is -2.18. The molecule has 0 aliphatic heterocycles. The molecule has 2 rings (SSSR count). The monoisotopic (exact) mass is 201 g/mol. The third-order valence-corrected chi connectivity index (χ3v) is 2.68. The highest BCUT2D eigenvalue weighted by Crippen LogP contribution is 2.23. The normalized spacial score (nSPS) is 21.3. The van der Waals surface area contributed by atoms with Gasteiger partial charge >= 0.3 is 0 Å². The molecule has 2 nitrogen and oxygen atoms in total. The van der Waals surface area contributed by atoms with E-state index in [0.717, 1.165) is 12.8 Å². The van der Waals surface area contributed by atoms with Crippen molar-refractivity contribution in [1.82, 2.24) is 4.98 Å². The van der Waals surface area contributed by atoms with Crippen molar-refractivity contribution in [2.24, 2.45) is 5.92 Å². The summed E-state index contributed by atoms with van der Waals surface area (Å²) >= 11 is 0. The largest absolute Gasteiger partial charge is 0.295 e. The number of hydrogen-bond donors (Lipinski definition) is 0. The van der Waals surface area contributed by atoms with Crippen LogP contribution in [-0.4, -0.2) is 10.8 Å². The summed E-state index contributed by atoms with van der Waals surface area (Å²) < 4.78 is 0. The number of aromatic nitrogens is 1. The Morgan fingerprint density at radius 1 is 1.47 bits per heavy atom. The van der Waals surface area contributed by atoms with Crippen molar-refractivity contribution in [3.05, 3.63) is 41.7 Å². The van der Waals surface area contributed by atoms with Gasteiger partial charge in [0.05, 0.1) is 0 Å². The van der Waals surface area contributed by atoms with E-state index < -0.39 is 0 Å². The molecule has 1 aliphatic rings. The summed E-state index contributed by atoms with van der Waals surface area (Å²) in [6.45, 7) is 2.13. The van der Waals surface area contributed by atoms with Gasteiger partial charge in [-0.25, -0.2) is 0 Å². The molecule has 0 spiro atoms. The van der Waals surface area contributed by atoms with Gasteiger partial charge < -0.3 is 0 Å². The first-order chi connectivity index (χ1) is 7.24. The zero-order valence-corrected chi connectivity index (χ0v) is 8.94. The minimum absolute atomic E-state index is 0.271. The fourth-order valence-corrected chi connectivity index (χ4v) is 2.10. The number of pyridine rings is 1. The van der Waals surface area contributed by atoms with Crippen molar-refractivity contribution in [2.75, 3.05) is 0 Å². The second-order valence-electron chi connectivity index (χ2n) is 4.32. The first-order valence-electron chi connectivity index (χ1n) is 5.35. The molecule has 1 unspecified atom stereocenters. The van der Waals surface area contributed by atoms with Gasteiger partial charge in [0.1, 0.15) is 0 Å². The summed E-state index contributed by atoms with van der Waals surface area (Å²) in [5.74, 6) is 0.766. The number of nitrogens with zero attached hydrogens (tertiary/aromatic N) is 1. The Hall–Kier alpha value is -1.44. The van der Waals surface area contributed by atoms with Crippen LogP contribution in [0.25, 0.3) is 0 Å². The molecule has 1 aliphatic carbocycles. The minimum Gasteiger partial charge on any atom is -0.295 e. The van der Waals surface area contributed by atoms with Crippen LogP contribution < -0.4 is 0 Å². The lowest BCUT2D eigenvalue weighted by Crippen LogP contribution is -2.12. The van der Waals surface area contributed by atoms with Crippen LogP contribution in [0.15, 0.2) is 36.2 Å². The van der Waals surface area contributed by atoms with E-state index in [1.54, 1.807) is 6.20 Å². The number of rotatable bonds is 2. The topological polar surface area (TPSA) is 30.0 Å². The molecule has 1 atom stereocenters. The number of carbonyl (C=O) groups is 1. The second kappa shape index (κ2) is 4.39. The molecule has 0 amide bonds. The van der Waals surface area contributed by atoms with E-state index in [1.807, 2.05) is 18.3 Å². The van der Waals surface area contributed by atoms with Crippen molar-refractivity contribution >= 4 is 5.78 Å². The Balaban J connectivity index is 2.09. The Morgan fingerprint density at radius 2 is 2.33 bits per heavy atom. The van der Waals surface area contributed by atoms with Gasteiger partial charge in [0.25, 0.3) is 0 Å². The molecule has 1 aromatic heterocycles. The van der Waals surface area contributed by atoms with Crippen molar-refractivity contribution in [2.45, 2.75) is 26.2 Å². The highest BCUT2D eigenvalue weighted by Gasteiger charge is 2.16. The Morgan fingerprint density at radius 3 is 3.00 bits per heavy atom. The van der Waals surface area contributed by atoms with Gasteiger partial charge in [-0.1, -0.05) is 18.6 Å². The molecular formula is C13H15NO. The van der Waals surface area contributed by atoms with Crippen LogP contribution in [0.4, 0.5) is 0 Å². The van der Waals surface area contributed by atoms with E-state index in [2.05, 4.69) is 18.0 Å². The summed E-state index contributed by atoms with van der Waals surface area (Å²) in [5, 5.41) is 0. The summed E-state index contributed by atoms with van der Waals surface area (Å²) in [5.41, 5.74) is 2.43. The molecule has 1 aromatic rings. The quantitative estimate of drug-likeness (QED) is 0.736. The first kappa shape index (κ1) is 10.1. The smallest absolute Gasteiger partial charge is 0.155 e. The molecule has 0 aromatic carbocycles. The lowest BCUT2D eigenvalue weighted by atomic mass is 9.87. The predicted molar refractivity (Wildman–Crippen MR) is 59.4 cm³/mol. The maximum absolute atomic E-state index is 11.4. The maximum atomic E-state index is 11.4. The van der Waals surface area contributed by atoms with E-state index in [1.165, 1.54) is 11.1 Å². The summed E-state index contributed by atoms with van der Waals surface area (Å²) in [6.07, 6.45) is 8.06. The Bertz CT molecular complexity index is 381. The molecule has 78 valence electrons. The number of hydrogen-bond acceptors (Lipinski definition) is 2. The van der Waals surface area contributed by atoms with Gasteiger partial charge in [0.2, 0.25) is 0 Å². The molecule has 0 saturated carbocycles. The van der Waals surface area contributed by atoms with Crippen LogP contribution in [0.1, 0.15) is 25.3 Å². The van der Waals surface area contributed by atoms with Gasteiger partial charge in [-0.2, -0.15) is 0 Å². The average molecular weight is 201 g/mol. The first-order valence-corrected chi connectivity index (χ1v) is 5.35. The van der Waals surface area contributed by atoms with Crippen molar-refractivity contribution in [1.29, 1.82) is 0 Å². The zero-order valence-electron chi connectivity index (χ0n) is 8.94. The van der Waals surface area contributed by atoms with Gasteiger partial charge in [-0.3, -0.25) is 9.78 Å². The van der Waals surface area contributed by atoms with Crippen LogP contribution >= 0.6 is 0 Å². The van der Waals surface area contributed by atoms with Gasteiger partial charge in [0, 0.05) is 18.8 Å². The standard InChI is InChI=1S/C13H15NO/c1-10-5-12(8-13(15)6-10)7-11-3-2-4-14-9-11/h2-4,8-10H,5-7H2,1H3. The number of carbonyl (C=O) groups excluding carboxylic acids is 1. The predicted octanol–water partition coefficient (Wildman–Crippen LogP) is 2.55. The van der Waals surface area contributed by atoms with Crippen molar-refractivity contribution in [3.63, 3.8) is 0 Å². The lowest BCUT2D eigenvalue weighted by molar-refractivity contribution is -0.115.